The van der Waals surface area contributed by atoms with Gasteiger partial charge < -0.3 is 15.0 Å². The summed E-state index contributed by atoms with van der Waals surface area (Å²) in [7, 11) is 0. The Balaban J connectivity index is 1.69. The summed E-state index contributed by atoms with van der Waals surface area (Å²) in [6.07, 6.45) is 0.214. The quantitative estimate of drug-likeness (QED) is 0.462. The van der Waals surface area contributed by atoms with E-state index >= 15 is 0 Å². The highest BCUT2D eigenvalue weighted by molar-refractivity contribution is 8.16. The first-order chi connectivity index (χ1) is 17.2. The van der Waals surface area contributed by atoms with E-state index in [4.69, 9.17) is 9.73 Å². The van der Waals surface area contributed by atoms with Crippen LogP contribution in [-0.2, 0) is 20.9 Å². The van der Waals surface area contributed by atoms with Crippen molar-refractivity contribution in [2.75, 3.05) is 6.54 Å². The fourth-order valence-electron chi connectivity index (χ4n) is 4.33. The number of thioether (sulfide) groups is 1. The molecule has 0 saturated carbocycles. The predicted octanol–water partition coefficient (Wildman–Crippen LogP) is 5.78. The number of aryl methyl sites for hydroxylation is 2. The molecule has 2 aromatic carbocycles. The Morgan fingerprint density at radius 1 is 1.11 bits per heavy atom. The average Bonchev–Trinajstić information content (AvgIpc) is 3.24. The maximum Gasteiger partial charge on any atom is 0.338 e. The van der Waals surface area contributed by atoms with Crippen LogP contribution in [-0.4, -0.2) is 28.5 Å². The minimum absolute atomic E-state index is 0.0454. The van der Waals surface area contributed by atoms with Crippen LogP contribution in [0.4, 0.5) is 0 Å². The van der Waals surface area contributed by atoms with Gasteiger partial charge in [-0.1, -0.05) is 79.7 Å². The number of rotatable bonds is 8. The third-order valence-electron chi connectivity index (χ3n) is 6.21. The van der Waals surface area contributed by atoms with Crippen LogP contribution in [0.5, 0.6) is 0 Å². The van der Waals surface area contributed by atoms with E-state index in [0.717, 1.165) is 33.1 Å². The van der Waals surface area contributed by atoms with Gasteiger partial charge in [-0.15, -0.1) is 0 Å². The minimum atomic E-state index is -0.431. The van der Waals surface area contributed by atoms with Crippen molar-refractivity contribution in [2.24, 2.45) is 10.9 Å². The topological polar surface area (TPSA) is 71.0 Å². The lowest BCUT2D eigenvalue weighted by molar-refractivity contribution is -0.141. The molecular weight excluding hydrogens is 470 g/mol. The van der Waals surface area contributed by atoms with Gasteiger partial charge in [0, 0.05) is 12.2 Å². The molecule has 36 heavy (non-hydrogen) atoms. The number of amides is 1. The van der Waals surface area contributed by atoms with Crippen molar-refractivity contribution in [3.05, 3.63) is 93.2 Å². The van der Waals surface area contributed by atoms with E-state index in [1.54, 1.807) is 0 Å². The molecular formula is C29H33N3O3S. The molecule has 4 rings (SSSR count). The zero-order valence-corrected chi connectivity index (χ0v) is 22.3. The summed E-state index contributed by atoms with van der Waals surface area (Å²) >= 11 is 1.48. The number of benzene rings is 2. The number of hydrogen-bond acceptors (Lipinski definition) is 6. The van der Waals surface area contributed by atoms with Crippen LogP contribution in [0.25, 0.3) is 0 Å². The molecule has 0 aliphatic carbocycles. The molecule has 188 valence electrons. The number of amidine groups is 1. The van der Waals surface area contributed by atoms with Gasteiger partial charge in [0.15, 0.2) is 5.17 Å². The van der Waals surface area contributed by atoms with E-state index < -0.39 is 12.0 Å². The molecule has 2 heterocycles. The van der Waals surface area contributed by atoms with Crippen molar-refractivity contribution in [1.29, 1.82) is 0 Å². The Bertz CT molecular complexity index is 1250. The highest BCUT2D eigenvalue weighted by atomic mass is 32.2. The van der Waals surface area contributed by atoms with Gasteiger partial charge in [-0.2, -0.15) is 0 Å². The number of carbonyl (C=O) groups excluding carboxylic acids is 2. The largest absolute Gasteiger partial charge is 0.457 e. The van der Waals surface area contributed by atoms with Gasteiger partial charge in [-0.25, -0.2) is 9.79 Å². The number of nitrogens with one attached hydrogen (secondary N) is 1. The minimum Gasteiger partial charge on any atom is -0.457 e. The zero-order chi connectivity index (χ0) is 25.8. The van der Waals surface area contributed by atoms with Crippen LogP contribution in [0, 0.1) is 19.8 Å². The van der Waals surface area contributed by atoms with E-state index in [1.807, 2.05) is 61.4 Å². The first kappa shape index (κ1) is 25.8. The smallest absolute Gasteiger partial charge is 0.338 e. The second-order valence-electron chi connectivity index (χ2n) is 9.69. The number of aliphatic imine (C=N–C) groups is 1. The number of carbonyl (C=O) groups is 2. The molecule has 2 aliphatic rings. The number of allylic oxidation sites excluding steroid dienone is 1. The standard InChI is InChI=1S/C29H33N3O3S/c1-18(2)15-30-25(33)14-23-17-36-29-31-21(5)26(28(34)35-16-22-9-7-6-8-10-22)27(32(23)29)24-13-19(3)11-12-20(24)4/h6-13,17-18,27H,14-16H2,1-5H3,(H,30,33)/t27-/m1/s1. The number of nitrogens with zero attached hydrogens (tertiary/aromatic N) is 2. The molecule has 0 fully saturated rings. The summed E-state index contributed by atoms with van der Waals surface area (Å²) < 4.78 is 5.79. The van der Waals surface area contributed by atoms with Gasteiger partial charge in [0.2, 0.25) is 5.91 Å². The molecule has 0 radical (unpaired) electrons. The Morgan fingerprint density at radius 2 is 1.86 bits per heavy atom. The van der Waals surface area contributed by atoms with E-state index in [9.17, 15) is 9.59 Å². The molecule has 0 aromatic heterocycles. The number of hydrogen-bond donors (Lipinski definition) is 1. The van der Waals surface area contributed by atoms with Crippen LogP contribution in [0.15, 0.2) is 75.9 Å². The lowest BCUT2D eigenvalue weighted by Crippen LogP contribution is -2.38. The molecule has 1 atom stereocenters. The molecule has 2 aliphatic heterocycles. The second kappa shape index (κ2) is 11.2. The number of fused-ring (bicyclic) bond motifs is 1. The molecule has 0 saturated heterocycles. The van der Waals surface area contributed by atoms with Crippen LogP contribution in [0.2, 0.25) is 0 Å². The van der Waals surface area contributed by atoms with Crippen LogP contribution < -0.4 is 5.32 Å². The zero-order valence-electron chi connectivity index (χ0n) is 21.5. The van der Waals surface area contributed by atoms with Crippen molar-refractivity contribution in [2.45, 2.75) is 53.7 Å². The average molecular weight is 504 g/mol. The Labute approximate surface area is 217 Å². The Kier molecular flexibility index (Phi) is 7.99. The van der Waals surface area contributed by atoms with Crippen LogP contribution >= 0.6 is 11.8 Å². The highest BCUT2D eigenvalue weighted by Gasteiger charge is 2.41. The number of ether oxygens (including phenoxy) is 1. The fourth-order valence-corrected chi connectivity index (χ4v) is 5.29. The molecule has 2 aromatic rings. The summed E-state index contributed by atoms with van der Waals surface area (Å²) in [5.74, 6) is -0.0752. The predicted molar refractivity (Wildman–Crippen MR) is 145 cm³/mol. The van der Waals surface area contributed by atoms with Crippen molar-refractivity contribution < 1.29 is 14.3 Å². The Hall–Kier alpha value is -3.32. The summed E-state index contributed by atoms with van der Waals surface area (Å²) in [5.41, 5.74) is 6.05. The van der Waals surface area contributed by atoms with Gasteiger partial charge in [0.25, 0.3) is 0 Å². The highest BCUT2D eigenvalue weighted by Crippen LogP contribution is 2.45. The third kappa shape index (κ3) is 5.73. The SMILES string of the molecule is CC1=C(C(=O)OCc2ccccc2)[C@@H](c2cc(C)ccc2C)N2C(CC(=O)NCC(C)C)=CSC2=N1. The van der Waals surface area contributed by atoms with Gasteiger partial charge in [0.1, 0.15) is 6.61 Å². The summed E-state index contributed by atoms with van der Waals surface area (Å²) in [4.78, 5) is 33.1. The van der Waals surface area contributed by atoms with E-state index in [2.05, 4.69) is 37.4 Å². The van der Waals surface area contributed by atoms with Crippen molar-refractivity contribution >= 4 is 28.8 Å². The van der Waals surface area contributed by atoms with Gasteiger partial charge in [0.05, 0.1) is 23.7 Å². The molecule has 7 heteroatoms. The second-order valence-corrected chi connectivity index (χ2v) is 10.5. The summed E-state index contributed by atoms with van der Waals surface area (Å²) in [5, 5.41) is 5.74. The normalized spacial score (nSPS) is 17.1. The molecule has 0 bridgehead atoms. The summed E-state index contributed by atoms with van der Waals surface area (Å²) in [6, 6.07) is 15.5. The first-order valence-electron chi connectivity index (χ1n) is 12.2. The molecule has 0 spiro atoms. The number of esters is 1. The maximum absolute atomic E-state index is 13.6. The fraction of sp³-hybridized carbons (Fsp3) is 0.345. The van der Waals surface area contributed by atoms with Crippen molar-refractivity contribution in [1.82, 2.24) is 10.2 Å². The van der Waals surface area contributed by atoms with Crippen LogP contribution in [0.3, 0.4) is 0 Å². The molecule has 0 unspecified atom stereocenters. The maximum atomic E-state index is 13.6. The summed E-state index contributed by atoms with van der Waals surface area (Å²) in [6.45, 7) is 10.9. The third-order valence-corrected chi connectivity index (χ3v) is 7.10. The molecule has 1 N–H and O–H groups in total. The van der Waals surface area contributed by atoms with Crippen LogP contribution in [0.1, 0.15) is 55.5 Å². The Morgan fingerprint density at radius 3 is 2.58 bits per heavy atom. The molecule has 1 amide bonds. The van der Waals surface area contributed by atoms with E-state index in [1.165, 1.54) is 11.8 Å². The van der Waals surface area contributed by atoms with Gasteiger partial charge in [-0.05, 0) is 48.8 Å². The van der Waals surface area contributed by atoms with Gasteiger partial charge in [-0.3, -0.25) is 4.79 Å². The van der Waals surface area contributed by atoms with Crippen molar-refractivity contribution in [3.63, 3.8) is 0 Å². The van der Waals surface area contributed by atoms with Crippen molar-refractivity contribution in [3.8, 4) is 0 Å². The van der Waals surface area contributed by atoms with Gasteiger partial charge >= 0.3 is 5.97 Å². The van der Waals surface area contributed by atoms with E-state index in [0.29, 0.717) is 23.7 Å². The lowest BCUT2D eigenvalue weighted by atomic mass is 9.90. The van der Waals surface area contributed by atoms with E-state index in [-0.39, 0.29) is 18.9 Å². The lowest BCUT2D eigenvalue weighted by Gasteiger charge is -2.37. The molecule has 6 nitrogen and oxygen atoms in total. The monoisotopic (exact) mass is 503 g/mol. The first-order valence-corrected chi connectivity index (χ1v) is 13.1.